The van der Waals surface area contributed by atoms with Gasteiger partial charge >= 0.3 is 0 Å². The van der Waals surface area contributed by atoms with Gasteiger partial charge in [-0.1, -0.05) is 24.3 Å². The lowest BCUT2D eigenvalue weighted by molar-refractivity contribution is 0.0302. The molecule has 2 fully saturated rings. The largest absolute Gasteiger partial charge is 0.392 e. The van der Waals surface area contributed by atoms with Crippen LogP contribution in [0.2, 0.25) is 0 Å². The summed E-state index contributed by atoms with van der Waals surface area (Å²) in [5.74, 6) is 0.846. The third-order valence-corrected chi connectivity index (χ3v) is 8.46. The van der Waals surface area contributed by atoms with Crippen LogP contribution in [0.15, 0.2) is 82.6 Å². The van der Waals surface area contributed by atoms with Crippen LogP contribution in [0.4, 0.5) is 11.5 Å². The van der Waals surface area contributed by atoms with Gasteiger partial charge < -0.3 is 20.1 Å². The number of amides is 1. The van der Waals surface area contributed by atoms with Gasteiger partial charge in [0.2, 0.25) is 0 Å². The number of aryl methyl sites for hydroxylation is 1. The summed E-state index contributed by atoms with van der Waals surface area (Å²) in [6, 6.07) is 18.2. The SMILES string of the molecule is Cn1nc(-c2cccc(-n3ccc4cc(C5CC5)ccc4c3=O)c2CO)cc(Nc2ccc(C(=O)N3CCOCC3)cn2)c1=O. The van der Waals surface area contributed by atoms with Gasteiger partial charge in [-0.15, -0.1) is 0 Å². The number of aromatic nitrogens is 4. The van der Waals surface area contributed by atoms with E-state index in [1.807, 2.05) is 18.2 Å². The molecular formula is C34H32N6O5. The van der Waals surface area contributed by atoms with Crippen LogP contribution in [0.5, 0.6) is 0 Å². The lowest BCUT2D eigenvalue weighted by atomic mass is 10.0. The second kappa shape index (κ2) is 11.8. The highest BCUT2D eigenvalue weighted by molar-refractivity contribution is 5.94. The minimum atomic E-state index is -0.382. The van der Waals surface area contributed by atoms with Crippen LogP contribution in [0, 0.1) is 0 Å². The van der Waals surface area contributed by atoms with Crippen LogP contribution in [-0.4, -0.2) is 61.5 Å². The molecule has 45 heavy (non-hydrogen) atoms. The number of anilines is 2. The van der Waals surface area contributed by atoms with Crippen molar-refractivity contribution in [3.05, 3.63) is 110 Å². The number of hydrogen-bond donors (Lipinski definition) is 2. The minimum Gasteiger partial charge on any atom is -0.392 e. The predicted molar refractivity (Wildman–Crippen MR) is 170 cm³/mol. The fourth-order valence-electron chi connectivity index (χ4n) is 5.84. The molecule has 0 unspecified atom stereocenters. The van der Waals surface area contributed by atoms with Crippen molar-refractivity contribution in [1.29, 1.82) is 0 Å². The molecule has 11 nitrogen and oxygen atoms in total. The second-order valence-corrected chi connectivity index (χ2v) is 11.4. The number of carbonyl (C=O) groups is 1. The van der Waals surface area contributed by atoms with E-state index in [4.69, 9.17) is 4.74 Å². The zero-order valence-electron chi connectivity index (χ0n) is 24.8. The number of morpholine rings is 1. The number of hydrogen-bond acceptors (Lipinski definition) is 8. The molecule has 0 spiro atoms. The first-order valence-corrected chi connectivity index (χ1v) is 15.0. The first kappa shape index (κ1) is 28.6. The van der Waals surface area contributed by atoms with E-state index in [1.165, 1.54) is 29.3 Å². The highest BCUT2D eigenvalue weighted by Gasteiger charge is 2.24. The summed E-state index contributed by atoms with van der Waals surface area (Å²) in [4.78, 5) is 45.6. The number of nitrogens with one attached hydrogen (secondary N) is 1. The summed E-state index contributed by atoms with van der Waals surface area (Å²) in [5.41, 5.74) is 3.38. The Morgan fingerprint density at radius 3 is 2.58 bits per heavy atom. The van der Waals surface area contributed by atoms with E-state index in [9.17, 15) is 19.5 Å². The normalized spacial score (nSPS) is 14.9. The number of ether oxygens (including phenoxy) is 1. The fraction of sp³-hybridized carbons (Fsp3) is 0.265. The van der Waals surface area contributed by atoms with Gasteiger partial charge in [0, 0.05) is 49.0 Å². The van der Waals surface area contributed by atoms with Crippen LogP contribution in [0.25, 0.3) is 27.7 Å². The fourth-order valence-corrected chi connectivity index (χ4v) is 5.84. The molecule has 0 radical (unpaired) electrons. The highest BCUT2D eigenvalue weighted by atomic mass is 16.5. The molecule has 5 aromatic rings. The number of pyridine rings is 2. The molecule has 4 heterocycles. The summed E-state index contributed by atoms with van der Waals surface area (Å²) < 4.78 is 8.07. The van der Waals surface area contributed by atoms with Crippen LogP contribution in [0.3, 0.4) is 0 Å². The molecule has 11 heteroatoms. The molecule has 1 saturated carbocycles. The lowest BCUT2D eigenvalue weighted by Crippen LogP contribution is -2.40. The Hall–Kier alpha value is -5.13. The van der Waals surface area contributed by atoms with E-state index < -0.39 is 0 Å². The van der Waals surface area contributed by atoms with Crippen molar-refractivity contribution < 1.29 is 14.6 Å². The van der Waals surface area contributed by atoms with Crippen molar-refractivity contribution in [1.82, 2.24) is 24.2 Å². The van der Waals surface area contributed by atoms with E-state index in [0.717, 1.165) is 5.39 Å². The van der Waals surface area contributed by atoms with E-state index in [0.29, 0.717) is 71.5 Å². The monoisotopic (exact) mass is 604 g/mol. The summed E-state index contributed by atoms with van der Waals surface area (Å²) in [6.45, 7) is 1.72. The third kappa shape index (κ3) is 5.52. The molecular weight excluding hydrogens is 572 g/mol. The first-order valence-electron chi connectivity index (χ1n) is 15.0. The summed E-state index contributed by atoms with van der Waals surface area (Å²) in [6.07, 6.45) is 5.59. The number of rotatable bonds is 7. The third-order valence-electron chi connectivity index (χ3n) is 8.46. The zero-order valence-corrected chi connectivity index (χ0v) is 24.8. The second-order valence-electron chi connectivity index (χ2n) is 11.4. The summed E-state index contributed by atoms with van der Waals surface area (Å²) in [7, 11) is 1.54. The molecule has 228 valence electrons. The maximum Gasteiger partial charge on any atom is 0.290 e. The van der Waals surface area contributed by atoms with Gasteiger partial charge in [0.15, 0.2) is 0 Å². The quantitative estimate of drug-likeness (QED) is 0.287. The van der Waals surface area contributed by atoms with Gasteiger partial charge in [-0.25, -0.2) is 9.67 Å². The molecule has 2 aliphatic rings. The van der Waals surface area contributed by atoms with E-state index in [-0.39, 0.29) is 29.3 Å². The van der Waals surface area contributed by atoms with Crippen molar-refractivity contribution in [2.45, 2.75) is 25.4 Å². The molecule has 3 aromatic heterocycles. The minimum absolute atomic E-state index is 0.121. The molecule has 2 aromatic carbocycles. The number of aliphatic hydroxyl groups is 1. The molecule has 1 aliphatic carbocycles. The standard InChI is InChI=1S/C34H32N6O5/c1-38-34(44)29(36-31-10-8-24(19-35-31)32(42)39-13-15-45-16-14-39)18-28(37-38)26-3-2-4-30(27(26)20-41)40-12-11-23-17-22(21-5-6-21)7-9-25(23)33(40)43/h2-4,7-12,17-19,21,41H,5-6,13-16,20H2,1H3,(H,35,36). The van der Waals surface area contributed by atoms with Crippen LogP contribution in [-0.2, 0) is 18.4 Å². The van der Waals surface area contributed by atoms with Crippen LogP contribution in [0.1, 0.15) is 40.2 Å². The number of fused-ring (bicyclic) bond motifs is 1. The Labute approximate surface area is 258 Å². The number of aliphatic hydroxyl groups excluding tert-OH is 1. The Kier molecular flexibility index (Phi) is 7.48. The highest BCUT2D eigenvalue weighted by Crippen LogP contribution is 2.40. The van der Waals surface area contributed by atoms with Crippen molar-refractivity contribution in [3.63, 3.8) is 0 Å². The number of nitrogens with zero attached hydrogens (tertiary/aromatic N) is 5. The lowest BCUT2D eigenvalue weighted by Gasteiger charge is -2.26. The maximum atomic E-state index is 13.6. The molecule has 0 bridgehead atoms. The van der Waals surface area contributed by atoms with E-state index in [1.54, 1.807) is 59.1 Å². The van der Waals surface area contributed by atoms with E-state index >= 15 is 0 Å². The van der Waals surface area contributed by atoms with Crippen molar-refractivity contribution in [2.24, 2.45) is 7.05 Å². The smallest absolute Gasteiger partial charge is 0.290 e. The summed E-state index contributed by atoms with van der Waals surface area (Å²) >= 11 is 0. The molecule has 2 N–H and O–H groups in total. The van der Waals surface area contributed by atoms with Gasteiger partial charge in [-0.05, 0) is 66.1 Å². The van der Waals surface area contributed by atoms with Crippen molar-refractivity contribution in [3.8, 4) is 16.9 Å². The molecule has 1 saturated heterocycles. The number of benzene rings is 2. The number of carbonyl (C=O) groups excluding carboxylic acids is 1. The molecule has 0 atom stereocenters. The van der Waals surface area contributed by atoms with Gasteiger partial charge in [0.25, 0.3) is 17.0 Å². The Balaban J connectivity index is 1.21. The maximum absolute atomic E-state index is 13.6. The zero-order chi connectivity index (χ0) is 31.1. The van der Waals surface area contributed by atoms with Gasteiger partial charge in [-0.2, -0.15) is 5.10 Å². The molecule has 7 rings (SSSR count). The molecule has 1 amide bonds. The van der Waals surface area contributed by atoms with Crippen molar-refractivity contribution >= 4 is 28.2 Å². The Morgan fingerprint density at radius 1 is 1.02 bits per heavy atom. The predicted octanol–water partition coefficient (Wildman–Crippen LogP) is 3.73. The van der Waals surface area contributed by atoms with Gasteiger partial charge in [-0.3, -0.25) is 19.0 Å². The van der Waals surface area contributed by atoms with Crippen LogP contribution >= 0.6 is 0 Å². The summed E-state index contributed by atoms with van der Waals surface area (Å²) in [5, 5.41) is 19.6. The van der Waals surface area contributed by atoms with Crippen LogP contribution < -0.4 is 16.4 Å². The van der Waals surface area contributed by atoms with Gasteiger partial charge in [0.05, 0.1) is 36.8 Å². The average molecular weight is 605 g/mol. The topological polar surface area (TPSA) is 132 Å². The Morgan fingerprint density at radius 2 is 1.84 bits per heavy atom. The van der Waals surface area contributed by atoms with Crippen molar-refractivity contribution in [2.75, 3.05) is 31.6 Å². The molecule has 1 aliphatic heterocycles. The Bertz CT molecular complexity index is 2040. The van der Waals surface area contributed by atoms with Gasteiger partial charge in [0.1, 0.15) is 11.5 Å². The van der Waals surface area contributed by atoms with E-state index in [2.05, 4.69) is 21.5 Å². The first-order chi connectivity index (χ1) is 21.9. The average Bonchev–Trinajstić information content (AvgIpc) is 3.93.